The summed E-state index contributed by atoms with van der Waals surface area (Å²) < 4.78 is 0.752. The lowest BCUT2D eigenvalue weighted by molar-refractivity contribution is 0.0773. The first-order valence-corrected chi connectivity index (χ1v) is 6.02. The van der Waals surface area contributed by atoms with Crippen LogP contribution in [-0.2, 0) is 0 Å². The van der Waals surface area contributed by atoms with E-state index in [1.807, 2.05) is 26.0 Å². The number of nitrogens with zero attached hydrogens (tertiary/aromatic N) is 1. The van der Waals surface area contributed by atoms with Crippen molar-refractivity contribution in [1.82, 2.24) is 4.90 Å². The van der Waals surface area contributed by atoms with Crippen molar-refractivity contribution >= 4 is 33.4 Å². The van der Waals surface area contributed by atoms with Gasteiger partial charge in [0.1, 0.15) is 0 Å². The Morgan fingerprint density at radius 3 is 2.53 bits per heavy atom. The number of hydrogen-bond donors (Lipinski definition) is 0. The van der Waals surface area contributed by atoms with E-state index in [0.717, 1.165) is 4.47 Å². The zero-order valence-corrected chi connectivity index (χ0v) is 11.1. The molecule has 4 heteroatoms. The summed E-state index contributed by atoms with van der Waals surface area (Å²) in [5.74, 6) is -0.0219. The van der Waals surface area contributed by atoms with Gasteiger partial charge in [-0.2, -0.15) is 0 Å². The van der Waals surface area contributed by atoms with Crippen LogP contribution in [0.25, 0.3) is 0 Å². The quantitative estimate of drug-likeness (QED) is 0.833. The monoisotopic (exact) mass is 289 g/mol. The van der Waals surface area contributed by atoms with Gasteiger partial charge < -0.3 is 4.90 Å². The van der Waals surface area contributed by atoms with E-state index in [-0.39, 0.29) is 5.91 Å². The molecule has 0 bridgehead atoms. The minimum absolute atomic E-state index is 0.0219. The third-order valence-corrected chi connectivity index (χ3v) is 3.53. The largest absolute Gasteiger partial charge is 0.339 e. The molecule has 0 saturated heterocycles. The van der Waals surface area contributed by atoms with Crippen molar-refractivity contribution in [2.24, 2.45) is 0 Å². The van der Waals surface area contributed by atoms with Gasteiger partial charge in [-0.05, 0) is 41.9 Å². The van der Waals surface area contributed by atoms with Gasteiger partial charge >= 0.3 is 0 Å². The van der Waals surface area contributed by atoms with Gasteiger partial charge in [-0.3, -0.25) is 4.79 Å². The molecule has 0 aromatic heterocycles. The second-order valence-corrected chi connectivity index (χ2v) is 4.31. The van der Waals surface area contributed by atoms with Crippen LogP contribution < -0.4 is 0 Å². The normalized spacial score (nSPS) is 10.1. The number of halogens is 2. The fourth-order valence-electron chi connectivity index (χ4n) is 1.35. The molecule has 1 aromatic rings. The van der Waals surface area contributed by atoms with E-state index in [0.29, 0.717) is 23.7 Å². The molecule has 0 aliphatic rings. The topological polar surface area (TPSA) is 20.3 Å². The molecule has 0 atom stereocenters. The van der Waals surface area contributed by atoms with E-state index in [4.69, 9.17) is 11.6 Å². The number of carbonyl (C=O) groups is 1. The number of rotatable bonds is 3. The molecule has 0 aliphatic carbocycles. The van der Waals surface area contributed by atoms with Crippen LogP contribution in [0.15, 0.2) is 22.7 Å². The lowest BCUT2D eigenvalue weighted by atomic mass is 10.2. The third kappa shape index (κ3) is 2.73. The maximum Gasteiger partial charge on any atom is 0.255 e. The van der Waals surface area contributed by atoms with Crippen LogP contribution in [0.2, 0.25) is 5.02 Å². The molecule has 82 valence electrons. The molecule has 0 saturated carbocycles. The van der Waals surface area contributed by atoms with E-state index in [2.05, 4.69) is 15.9 Å². The second-order valence-electron chi connectivity index (χ2n) is 3.08. The predicted molar refractivity (Wildman–Crippen MR) is 66.4 cm³/mol. The van der Waals surface area contributed by atoms with Crippen molar-refractivity contribution in [1.29, 1.82) is 0 Å². The summed E-state index contributed by atoms with van der Waals surface area (Å²) in [6, 6.07) is 5.38. The van der Waals surface area contributed by atoms with E-state index in [9.17, 15) is 4.79 Å². The lowest BCUT2D eigenvalue weighted by Gasteiger charge is -2.19. The molecule has 0 spiro atoms. The van der Waals surface area contributed by atoms with Crippen LogP contribution in [0, 0.1) is 0 Å². The first-order valence-electron chi connectivity index (χ1n) is 4.85. The summed E-state index contributed by atoms with van der Waals surface area (Å²) in [7, 11) is 0. The molecule has 1 rings (SSSR count). The summed E-state index contributed by atoms with van der Waals surface area (Å²) in [5, 5.41) is 0.481. The van der Waals surface area contributed by atoms with Crippen LogP contribution in [0.3, 0.4) is 0 Å². The van der Waals surface area contributed by atoms with Crippen molar-refractivity contribution in [2.45, 2.75) is 13.8 Å². The van der Waals surface area contributed by atoms with Crippen molar-refractivity contribution in [3.8, 4) is 0 Å². The third-order valence-electron chi connectivity index (χ3n) is 2.23. The fraction of sp³-hybridized carbons (Fsp3) is 0.364. The highest BCUT2D eigenvalue weighted by Crippen LogP contribution is 2.26. The minimum Gasteiger partial charge on any atom is -0.339 e. The van der Waals surface area contributed by atoms with Crippen LogP contribution in [-0.4, -0.2) is 23.9 Å². The average Bonchev–Trinajstić information content (AvgIpc) is 2.23. The fourth-order valence-corrected chi connectivity index (χ4v) is 1.92. The summed E-state index contributed by atoms with van der Waals surface area (Å²) in [4.78, 5) is 13.7. The Bertz CT molecular complexity index is 364. The Balaban J connectivity index is 3.05. The van der Waals surface area contributed by atoms with Crippen molar-refractivity contribution < 1.29 is 4.79 Å². The second kappa shape index (κ2) is 5.52. The van der Waals surface area contributed by atoms with Crippen LogP contribution in [0.4, 0.5) is 0 Å². The molecule has 2 nitrogen and oxygen atoms in total. The SMILES string of the molecule is CCN(CC)C(=O)c1cccc(Br)c1Cl. The minimum atomic E-state index is -0.0219. The number of benzene rings is 1. The van der Waals surface area contributed by atoms with Gasteiger partial charge in [0.15, 0.2) is 0 Å². The van der Waals surface area contributed by atoms with Gasteiger partial charge in [-0.1, -0.05) is 17.7 Å². The van der Waals surface area contributed by atoms with E-state index >= 15 is 0 Å². The van der Waals surface area contributed by atoms with Gasteiger partial charge in [0, 0.05) is 17.6 Å². The highest BCUT2D eigenvalue weighted by atomic mass is 79.9. The average molecular weight is 291 g/mol. The zero-order valence-electron chi connectivity index (χ0n) is 8.76. The van der Waals surface area contributed by atoms with E-state index in [1.165, 1.54) is 0 Å². The van der Waals surface area contributed by atoms with E-state index in [1.54, 1.807) is 11.0 Å². The van der Waals surface area contributed by atoms with Gasteiger partial charge in [-0.15, -0.1) is 0 Å². The Morgan fingerprint density at radius 2 is 2.00 bits per heavy atom. The Kier molecular flexibility index (Phi) is 4.61. The zero-order chi connectivity index (χ0) is 11.4. The molecule has 0 fully saturated rings. The van der Waals surface area contributed by atoms with Crippen LogP contribution >= 0.6 is 27.5 Å². The van der Waals surface area contributed by atoms with Gasteiger partial charge in [-0.25, -0.2) is 0 Å². The summed E-state index contributed by atoms with van der Waals surface area (Å²) in [6.07, 6.45) is 0. The highest BCUT2D eigenvalue weighted by molar-refractivity contribution is 9.10. The van der Waals surface area contributed by atoms with Crippen molar-refractivity contribution in [3.63, 3.8) is 0 Å². The Hall–Kier alpha value is -0.540. The summed E-state index contributed by atoms with van der Waals surface area (Å²) in [6.45, 7) is 5.29. The summed E-state index contributed by atoms with van der Waals surface area (Å²) in [5.41, 5.74) is 0.551. The highest BCUT2D eigenvalue weighted by Gasteiger charge is 2.16. The Labute approximate surface area is 103 Å². The molecule has 0 aliphatic heterocycles. The number of amides is 1. The van der Waals surface area contributed by atoms with Crippen molar-refractivity contribution in [3.05, 3.63) is 33.3 Å². The molecule has 1 aromatic carbocycles. The predicted octanol–water partition coefficient (Wildman–Crippen LogP) is 3.58. The number of hydrogen-bond acceptors (Lipinski definition) is 1. The summed E-state index contributed by atoms with van der Waals surface area (Å²) >= 11 is 9.36. The first-order chi connectivity index (χ1) is 7.11. The first kappa shape index (κ1) is 12.5. The molecular weight excluding hydrogens is 277 g/mol. The standard InChI is InChI=1S/C11H13BrClNO/c1-3-14(4-2)11(15)8-6-5-7-9(12)10(8)13/h5-7H,3-4H2,1-2H3. The lowest BCUT2D eigenvalue weighted by Crippen LogP contribution is -2.30. The maximum atomic E-state index is 12.0. The molecule has 0 N–H and O–H groups in total. The molecular formula is C11H13BrClNO. The molecule has 1 amide bonds. The smallest absolute Gasteiger partial charge is 0.255 e. The van der Waals surface area contributed by atoms with Crippen LogP contribution in [0.1, 0.15) is 24.2 Å². The Morgan fingerprint density at radius 1 is 1.40 bits per heavy atom. The molecule has 0 unspecified atom stereocenters. The van der Waals surface area contributed by atoms with Gasteiger partial charge in [0.2, 0.25) is 0 Å². The van der Waals surface area contributed by atoms with E-state index < -0.39 is 0 Å². The van der Waals surface area contributed by atoms with Gasteiger partial charge in [0.25, 0.3) is 5.91 Å². The maximum absolute atomic E-state index is 12.0. The van der Waals surface area contributed by atoms with Crippen molar-refractivity contribution in [2.75, 3.05) is 13.1 Å². The van der Waals surface area contributed by atoms with Gasteiger partial charge in [0.05, 0.1) is 10.6 Å². The number of carbonyl (C=O) groups excluding carboxylic acids is 1. The molecule has 0 heterocycles. The molecule has 0 radical (unpaired) electrons. The van der Waals surface area contributed by atoms with Crippen LogP contribution in [0.5, 0.6) is 0 Å². The molecule has 15 heavy (non-hydrogen) atoms.